The van der Waals surface area contributed by atoms with E-state index >= 15 is 0 Å². The third-order valence-electron chi connectivity index (χ3n) is 4.13. The van der Waals surface area contributed by atoms with Crippen molar-refractivity contribution >= 4 is 36.5 Å². The second kappa shape index (κ2) is 7.90. The molecule has 0 saturated carbocycles. The quantitative estimate of drug-likeness (QED) is 0.875. The molecule has 128 valence electrons. The molecule has 1 amide bonds. The number of piperidine rings is 1. The Morgan fingerprint density at radius 1 is 1.43 bits per heavy atom. The molecule has 3 rings (SSSR count). The fourth-order valence-electron chi connectivity index (χ4n) is 2.87. The largest absolute Gasteiger partial charge is 0.332 e. The first kappa shape index (κ1) is 19.6. The molecule has 2 atom stereocenters. The number of amides is 1. The van der Waals surface area contributed by atoms with Crippen LogP contribution in [0.25, 0.3) is 5.78 Å². The van der Waals surface area contributed by atoms with Gasteiger partial charge in [-0.05, 0) is 31.7 Å². The van der Waals surface area contributed by atoms with Gasteiger partial charge >= 0.3 is 0 Å². The van der Waals surface area contributed by atoms with Gasteiger partial charge in [-0.15, -0.1) is 29.9 Å². The monoisotopic (exact) mass is 360 g/mol. The molecule has 1 aliphatic heterocycles. The van der Waals surface area contributed by atoms with Crippen LogP contribution in [0.4, 0.5) is 0 Å². The Bertz CT molecular complexity index is 676. The first-order valence-electron chi connectivity index (χ1n) is 7.29. The van der Waals surface area contributed by atoms with Gasteiger partial charge in [0.1, 0.15) is 0 Å². The van der Waals surface area contributed by atoms with Gasteiger partial charge < -0.3 is 10.6 Å². The van der Waals surface area contributed by atoms with Crippen molar-refractivity contribution in [2.45, 2.75) is 32.7 Å². The zero-order valence-electron chi connectivity index (χ0n) is 13.2. The second-order valence-electron chi connectivity index (χ2n) is 5.75. The lowest BCUT2D eigenvalue weighted by Gasteiger charge is -2.37. The molecule has 1 saturated heterocycles. The number of likely N-dealkylation sites (tertiary alicyclic amines) is 1. The summed E-state index contributed by atoms with van der Waals surface area (Å²) >= 11 is 0. The molecule has 0 bridgehead atoms. The van der Waals surface area contributed by atoms with Crippen LogP contribution in [0.5, 0.6) is 0 Å². The van der Waals surface area contributed by atoms with Gasteiger partial charge in [-0.25, -0.2) is 9.50 Å². The molecule has 9 heteroatoms. The van der Waals surface area contributed by atoms with Crippen LogP contribution in [0, 0.1) is 12.8 Å². The molecule has 1 fully saturated rings. The molecule has 2 N–H and O–H groups in total. The smallest absolute Gasteiger partial charge is 0.293 e. The Morgan fingerprint density at radius 2 is 2.17 bits per heavy atom. The minimum atomic E-state index is -0.151. The maximum Gasteiger partial charge on any atom is 0.293 e. The molecule has 0 spiro atoms. The lowest BCUT2D eigenvalue weighted by molar-refractivity contribution is 0.0561. The van der Waals surface area contributed by atoms with E-state index in [-0.39, 0.29) is 42.6 Å². The lowest BCUT2D eigenvalue weighted by Crippen LogP contribution is -2.49. The SMILES string of the molecule is Cc1ccnc2nc(C(=O)N3CCC(C)CC3CN)nn12.Cl.Cl. The molecule has 2 aromatic rings. The van der Waals surface area contributed by atoms with E-state index in [1.807, 2.05) is 17.9 Å². The Labute approximate surface area is 147 Å². The predicted molar refractivity (Wildman–Crippen MR) is 92.3 cm³/mol. The highest BCUT2D eigenvalue weighted by molar-refractivity contribution is 5.91. The highest BCUT2D eigenvalue weighted by atomic mass is 35.5. The molecular formula is C14H22Cl2N6O. The average molecular weight is 361 g/mol. The van der Waals surface area contributed by atoms with E-state index < -0.39 is 0 Å². The Hall–Kier alpha value is -1.44. The molecule has 3 heterocycles. The average Bonchev–Trinajstić information content (AvgIpc) is 2.92. The second-order valence-corrected chi connectivity index (χ2v) is 5.75. The van der Waals surface area contributed by atoms with E-state index in [4.69, 9.17) is 5.73 Å². The van der Waals surface area contributed by atoms with Crippen molar-refractivity contribution in [3.63, 3.8) is 0 Å². The van der Waals surface area contributed by atoms with Crippen LogP contribution < -0.4 is 5.73 Å². The molecule has 7 nitrogen and oxygen atoms in total. The molecule has 0 aliphatic carbocycles. The van der Waals surface area contributed by atoms with E-state index in [0.717, 1.165) is 18.5 Å². The number of aryl methyl sites for hydroxylation is 1. The van der Waals surface area contributed by atoms with Gasteiger partial charge in [0, 0.05) is 31.0 Å². The van der Waals surface area contributed by atoms with Gasteiger partial charge in [0.2, 0.25) is 5.82 Å². The number of rotatable bonds is 2. The van der Waals surface area contributed by atoms with Gasteiger partial charge in [-0.1, -0.05) is 6.92 Å². The molecule has 23 heavy (non-hydrogen) atoms. The van der Waals surface area contributed by atoms with Gasteiger partial charge in [0.15, 0.2) is 0 Å². The maximum absolute atomic E-state index is 12.7. The summed E-state index contributed by atoms with van der Waals surface area (Å²) in [4.78, 5) is 22.9. The van der Waals surface area contributed by atoms with Crippen molar-refractivity contribution in [3.05, 3.63) is 23.8 Å². The Balaban J connectivity index is 0.00000132. The molecule has 2 aromatic heterocycles. The fraction of sp³-hybridized carbons (Fsp3) is 0.571. The van der Waals surface area contributed by atoms with Crippen LogP contribution in [0.1, 0.15) is 36.1 Å². The van der Waals surface area contributed by atoms with Gasteiger partial charge in [-0.3, -0.25) is 4.79 Å². The molecular weight excluding hydrogens is 339 g/mol. The minimum absolute atomic E-state index is 0. The summed E-state index contributed by atoms with van der Waals surface area (Å²) < 4.78 is 1.59. The third kappa shape index (κ3) is 3.73. The van der Waals surface area contributed by atoms with E-state index in [0.29, 0.717) is 24.8 Å². The highest BCUT2D eigenvalue weighted by Crippen LogP contribution is 2.23. The highest BCUT2D eigenvalue weighted by Gasteiger charge is 2.31. The minimum Gasteiger partial charge on any atom is -0.332 e. The van der Waals surface area contributed by atoms with Crippen molar-refractivity contribution in [1.29, 1.82) is 0 Å². The van der Waals surface area contributed by atoms with E-state index in [9.17, 15) is 4.79 Å². The van der Waals surface area contributed by atoms with Gasteiger partial charge in [0.25, 0.3) is 11.7 Å². The number of nitrogens with two attached hydrogens (primary N) is 1. The van der Waals surface area contributed by atoms with E-state index in [1.165, 1.54) is 0 Å². The summed E-state index contributed by atoms with van der Waals surface area (Å²) in [6.07, 6.45) is 3.60. The van der Waals surface area contributed by atoms with E-state index in [2.05, 4.69) is 22.0 Å². The number of fused-ring (bicyclic) bond motifs is 1. The standard InChI is InChI=1S/C14H20N6O.2ClH/c1-9-4-6-19(11(7-9)8-15)13(21)12-17-14-16-5-3-10(2)20(14)18-12;;/h3,5,9,11H,4,6-8,15H2,1-2H3;2*1H. The van der Waals surface area contributed by atoms with Crippen molar-refractivity contribution in [2.75, 3.05) is 13.1 Å². The normalized spacial score (nSPS) is 20.7. The van der Waals surface area contributed by atoms with Crippen LogP contribution in [-0.2, 0) is 0 Å². The van der Waals surface area contributed by atoms with Crippen molar-refractivity contribution in [1.82, 2.24) is 24.5 Å². The van der Waals surface area contributed by atoms with Crippen LogP contribution in [-0.4, -0.2) is 49.5 Å². The van der Waals surface area contributed by atoms with Crippen LogP contribution >= 0.6 is 24.8 Å². The fourth-order valence-corrected chi connectivity index (χ4v) is 2.87. The number of aromatic nitrogens is 4. The Morgan fingerprint density at radius 3 is 2.83 bits per heavy atom. The molecule has 2 unspecified atom stereocenters. The Kier molecular flexibility index (Phi) is 6.73. The summed E-state index contributed by atoms with van der Waals surface area (Å²) in [6, 6.07) is 1.91. The number of nitrogens with zero attached hydrogens (tertiary/aromatic N) is 5. The number of carbonyl (C=O) groups excluding carboxylic acids is 1. The number of hydrogen-bond donors (Lipinski definition) is 1. The third-order valence-corrected chi connectivity index (χ3v) is 4.13. The summed E-state index contributed by atoms with van der Waals surface area (Å²) in [5, 5.41) is 4.29. The van der Waals surface area contributed by atoms with Crippen molar-refractivity contribution < 1.29 is 4.79 Å². The van der Waals surface area contributed by atoms with Crippen molar-refractivity contribution in [3.8, 4) is 0 Å². The molecule has 0 radical (unpaired) electrons. The first-order chi connectivity index (χ1) is 10.1. The zero-order chi connectivity index (χ0) is 15.0. The van der Waals surface area contributed by atoms with Gasteiger partial charge in [-0.2, -0.15) is 4.98 Å². The van der Waals surface area contributed by atoms with Crippen molar-refractivity contribution in [2.24, 2.45) is 11.7 Å². The maximum atomic E-state index is 12.7. The predicted octanol–water partition coefficient (Wildman–Crippen LogP) is 1.48. The molecule has 0 aromatic carbocycles. The van der Waals surface area contributed by atoms with Crippen LogP contribution in [0.3, 0.4) is 0 Å². The lowest BCUT2D eigenvalue weighted by atomic mass is 9.92. The number of halogens is 2. The molecule has 1 aliphatic rings. The zero-order valence-corrected chi connectivity index (χ0v) is 14.8. The summed E-state index contributed by atoms with van der Waals surface area (Å²) in [7, 11) is 0. The topological polar surface area (TPSA) is 89.4 Å². The van der Waals surface area contributed by atoms with Gasteiger partial charge in [0.05, 0.1) is 0 Å². The summed E-state index contributed by atoms with van der Waals surface area (Å²) in [5.74, 6) is 1.10. The van der Waals surface area contributed by atoms with Crippen LogP contribution in [0.15, 0.2) is 12.3 Å². The van der Waals surface area contributed by atoms with E-state index in [1.54, 1.807) is 10.7 Å². The number of carbonyl (C=O) groups is 1. The summed E-state index contributed by atoms with van der Waals surface area (Å²) in [6.45, 7) is 5.29. The summed E-state index contributed by atoms with van der Waals surface area (Å²) in [5.41, 5.74) is 6.72. The number of hydrogen-bond acceptors (Lipinski definition) is 5. The van der Waals surface area contributed by atoms with Crippen LogP contribution in [0.2, 0.25) is 0 Å². The first-order valence-corrected chi connectivity index (χ1v) is 7.29.